The average Bonchev–Trinajstić information content (AvgIpc) is 2.54. The highest BCUT2D eigenvalue weighted by atomic mass is 16.6. The summed E-state index contributed by atoms with van der Waals surface area (Å²) in [4.78, 5) is 22.2. The van der Waals surface area contributed by atoms with Gasteiger partial charge in [0, 0.05) is 17.8 Å². The van der Waals surface area contributed by atoms with Crippen LogP contribution in [0.5, 0.6) is 0 Å². The van der Waals surface area contributed by atoms with E-state index < -0.39 is 4.92 Å². The van der Waals surface area contributed by atoms with Crippen LogP contribution < -0.4 is 5.32 Å². The maximum Gasteiger partial charge on any atom is 0.269 e. The highest BCUT2D eigenvalue weighted by Crippen LogP contribution is 2.14. The maximum absolute atomic E-state index is 12.0. The minimum absolute atomic E-state index is 0.0248. The van der Waals surface area contributed by atoms with Crippen molar-refractivity contribution in [2.75, 3.05) is 5.32 Å². The summed E-state index contributed by atoms with van der Waals surface area (Å²) in [6.07, 6.45) is 3.56. The second kappa shape index (κ2) is 8.08. The first-order valence-electron chi connectivity index (χ1n) is 7.70. The van der Waals surface area contributed by atoms with Crippen LogP contribution in [0.25, 0.3) is 0 Å². The Kier molecular flexibility index (Phi) is 5.86. The molecular formula is C18H20N2O3. The molecule has 1 amide bonds. The van der Waals surface area contributed by atoms with Gasteiger partial charge >= 0.3 is 0 Å². The number of hydrogen-bond acceptors (Lipinski definition) is 3. The third-order valence-corrected chi connectivity index (χ3v) is 3.57. The Morgan fingerprint density at radius 1 is 1.04 bits per heavy atom. The minimum atomic E-state index is -0.454. The van der Waals surface area contributed by atoms with Crippen LogP contribution in [0.2, 0.25) is 0 Å². The van der Waals surface area contributed by atoms with Gasteiger partial charge in [-0.2, -0.15) is 0 Å². The average molecular weight is 312 g/mol. The number of nitrogens with zero attached hydrogens (tertiary/aromatic N) is 1. The summed E-state index contributed by atoms with van der Waals surface area (Å²) in [6, 6.07) is 13.9. The smallest absolute Gasteiger partial charge is 0.269 e. The zero-order valence-electron chi connectivity index (χ0n) is 13.1. The lowest BCUT2D eigenvalue weighted by atomic mass is 10.1. The molecule has 0 unspecified atom stereocenters. The van der Waals surface area contributed by atoms with Crippen LogP contribution in [0.15, 0.2) is 48.5 Å². The molecule has 5 nitrogen and oxygen atoms in total. The molecule has 2 rings (SSSR count). The number of unbranched alkanes of at least 4 members (excludes halogenated alkanes) is 1. The monoisotopic (exact) mass is 312 g/mol. The van der Waals surface area contributed by atoms with Crippen LogP contribution in [0.1, 0.15) is 30.9 Å². The lowest BCUT2D eigenvalue weighted by molar-refractivity contribution is -0.384. The van der Waals surface area contributed by atoms with E-state index in [-0.39, 0.29) is 18.0 Å². The molecule has 0 atom stereocenters. The van der Waals surface area contributed by atoms with Crippen LogP contribution >= 0.6 is 0 Å². The molecule has 0 aromatic heterocycles. The van der Waals surface area contributed by atoms with Gasteiger partial charge in [0.1, 0.15) is 0 Å². The molecule has 120 valence electrons. The summed E-state index contributed by atoms with van der Waals surface area (Å²) in [7, 11) is 0. The van der Waals surface area contributed by atoms with Gasteiger partial charge in [0.25, 0.3) is 5.69 Å². The van der Waals surface area contributed by atoms with Gasteiger partial charge in [-0.15, -0.1) is 0 Å². The van der Waals surface area contributed by atoms with Crippen molar-refractivity contribution in [2.45, 2.75) is 32.6 Å². The van der Waals surface area contributed by atoms with Crippen molar-refractivity contribution in [3.63, 3.8) is 0 Å². The number of amides is 1. The van der Waals surface area contributed by atoms with E-state index in [0.717, 1.165) is 30.5 Å². The Bertz CT molecular complexity index is 664. The van der Waals surface area contributed by atoms with E-state index in [2.05, 4.69) is 12.2 Å². The summed E-state index contributed by atoms with van der Waals surface area (Å²) in [5, 5.41) is 13.4. The molecule has 0 saturated heterocycles. The van der Waals surface area contributed by atoms with Gasteiger partial charge in [-0.05, 0) is 36.1 Å². The highest BCUT2D eigenvalue weighted by molar-refractivity contribution is 5.92. The molecule has 0 spiro atoms. The van der Waals surface area contributed by atoms with E-state index in [1.807, 2.05) is 24.3 Å². The lowest BCUT2D eigenvalue weighted by Gasteiger charge is -2.07. The molecule has 5 heteroatoms. The predicted octanol–water partition coefficient (Wildman–Crippen LogP) is 4.12. The number of benzene rings is 2. The Hall–Kier alpha value is -2.69. The van der Waals surface area contributed by atoms with Gasteiger partial charge < -0.3 is 5.32 Å². The number of carbonyl (C=O) groups is 1. The predicted molar refractivity (Wildman–Crippen MR) is 90.5 cm³/mol. The Morgan fingerprint density at radius 2 is 1.65 bits per heavy atom. The van der Waals surface area contributed by atoms with E-state index in [1.54, 1.807) is 12.1 Å². The van der Waals surface area contributed by atoms with E-state index in [1.165, 1.54) is 17.7 Å². The standard InChI is InChI=1S/C18H20N2O3/c1-2-3-4-14-5-9-16(10-6-14)19-18(21)13-15-7-11-17(12-8-15)20(22)23/h5-12H,2-4,13H2,1H3,(H,19,21). The highest BCUT2D eigenvalue weighted by Gasteiger charge is 2.07. The number of nitro benzene ring substituents is 1. The zero-order valence-corrected chi connectivity index (χ0v) is 13.1. The minimum Gasteiger partial charge on any atom is -0.326 e. The van der Waals surface area contributed by atoms with Gasteiger partial charge in [0.15, 0.2) is 0 Å². The van der Waals surface area contributed by atoms with Crippen molar-refractivity contribution >= 4 is 17.3 Å². The number of nitrogens with one attached hydrogen (secondary N) is 1. The maximum atomic E-state index is 12.0. The zero-order chi connectivity index (χ0) is 16.7. The summed E-state index contributed by atoms with van der Waals surface area (Å²) >= 11 is 0. The van der Waals surface area contributed by atoms with Gasteiger partial charge in [-0.3, -0.25) is 14.9 Å². The van der Waals surface area contributed by atoms with Crippen molar-refractivity contribution < 1.29 is 9.72 Å². The molecule has 0 aliphatic carbocycles. The van der Waals surface area contributed by atoms with Gasteiger partial charge in [0.2, 0.25) is 5.91 Å². The molecule has 0 aliphatic heterocycles. The quantitative estimate of drug-likeness (QED) is 0.617. The van der Waals surface area contributed by atoms with Crippen LogP contribution in [0.3, 0.4) is 0 Å². The van der Waals surface area contributed by atoms with Crippen molar-refractivity contribution in [2.24, 2.45) is 0 Å². The molecule has 23 heavy (non-hydrogen) atoms. The molecule has 1 N–H and O–H groups in total. The first-order valence-corrected chi connectivity index (χ1v) is 7.70. The molecular weight excluding hydrogens is 292 g/mol. The molecule has 2 aromatic rings. The third kappa shape index (κ3) is 5.21. The fourth-order valence-electron chi connectivity index (χ4n) is 2.26. The summed E-state index contributed by atoms with van der Waals surface area (Å²) < 4.78 is 0. The second-order valence-corrected chi connectivity index (χ2v) is 5.45. The molecule has 0 heterocycles. The Balaban J connectivity index is 1.90. The van der Waals surface area contributed by atoms with Crippen molar-refractivity contribution in [1.82, 2.24) is 0 Å². The summed E-state index contributed by atoms with van der Waals surface area (Å²) in [6.45, 7) is 2.16. The van der Waals surface area contributed by atoms with Crippen LogP contribution in [-0.2, 0) is 17.6 Å². The van der Waals surface area contributed by atoms with E-state index in [0.29, 0.717) is 0 Å². The molecule has 0 radical (unpaired) electrons. The normalized spacial score (nSPS) is 10.3. The topological polar surface area (TPSA) is 72.2 Å². The van der Waals surface area contributed by atoms with Crippen LogP contribution in [-0.4, -0.2) is 10.8 Å². The van der Waals surface area contributed by atoms with Crippen LogP contribution in [0.4, 0.5) is 11.4 Å². The van der Waals surface area contributed by atoms with E-state index >= 15 is 0 Å². The number of carbonyl (C=O) groups excluding carboxylic acids is 1. The first kappa shape index (κ1) is 16.7. The number of nitro groups is 1. The van der Waals surface area contributed by atoms with Gasteiger partial charge in [-0.25, -0.2) is 0 Å². The van der Waals surface area contributed by atoms with Gasteiger partial charge in [0.05, 0.1) is 11.3 Å². The van der Waals surface area contributed by atoms with E-state index in [9.17, 15) is 14.9 Å². The van der Waals surface area contributed by atoms with E-state index in [4.69, 9.17) is 0 Å². The second-order valence-electron chi connectivity index (χ2n) is 5.45. The molecule has 0 saturated carbocycles. The molecule has 2 aromatic carbocycles. The van der Waals surface area contributed by atoms with Crippen molar-refractivity contribution in [1.29, 1.82) is 0 Å². The van der Waals surface area contributed by atoms with Crippen LogP contribution in [0, 0.1) is 10.1 Å². The fraction of sp³-hybridized carbons (Fsp3) is 0.278. The largest absolute Gasteiger partial charge is 0.326 e. The molecule has 0 bridgehead atoms. The lowest BCUT2D eigenvalue weighted by Crippen LogP contribution is -2.14. The van der Waals surface area contributed by atoms with Crippen molar-refractivity contribution in [3.05, 3.63) is 69.8 Å². The summed E-state index contributed by atoms with van der Waals surface area (Å²) in [5.41, 5.74) is 2.79. The number of rotatable bonds is 7. The Morgan fingerprint density at radius 3 is 2.22 bits per heavy atom. The first-order chi connectivity index (χ1) is 11.1. The third-order valence-electron chi connectivity index (χ3n) is 3.57. The Labute approximate surface area is 135 Å². The fourth-order valence-corrected chi connectivity index (χ4v) is 2.26. The molecule has 0 fully saturated rings. The summed E-state index contributed by atoms with van der Waals surface area (Å²) in [5.74, 6) is -0.139. The number of anilines is 1. The van der Waals surface area contributed by atoms with Gasteiger partial charge in [-0.1, -0.05) is 37.6 Å². The van der Waals surface area contributed by atoms with Crippen molar-refractivity contribution in [3.8, 4) is 0 Å². The number of hydrogen-bond donors (Lipinski definition) is 1. The number of aryl methyl sites for hydroxylation is 1. The number of non-ortho nitro benzene ring substituents is 1. The SMILES string of the molecule is CCCCc1ccc(NC(=O)Cc2ccc([N+](=O)[O-])cc2)cc1. The molecule has 0 aliphatic rings.